The maximum atomic E-state index is 12.5. The summed E-state index contributed by atoms with van der Waals surface area (Å²) in [5, 5.41) is 9.30. The van der Waals surface area contributed by atoms with Crippen LogP contribution in [0.25, 0.3) is 0 Å². The van der Waals surface area contributed by atoms with Crippen molar-refractivity contribution in [3.8, 4) is 0 Å². The summed E-state index contributed by atoms with van der Waals surface area (Å²) in [5.41, 5.74) is 0. The van der Waals surface area contributed by atoms with Gasteiger partial charge in [-0.25, -0.2) is 4.79 Å². The highest BCUT2D eigenvalue weighted by molar-refractivity contribution is 6.08. The summed E-state index contributed by atoms with van der Waals surface area (Å²) in [6, 6.07) is -1.01. The molecule has 1 aliphatic heterocycles. The summed E-state index contributed by atoms with van der Waals surface area (Å²) in [6.07, 6.45) is 3.00. The summed E-state index contributed by atoms with van der Waals surface area (Å²) in [7, 11) is 0. The van der Waals surface area contributed by atoms with E-state index in [9.17, 15) is 19.5 Å². The molecule has 0 unspecified atom stereocenters. The van der Waals surface area contributed by atoms with Crippen molar-refractivity contribution in [2.45, 2.75) is 39.2 Å². The molecule has 0 aromatic carbocycles. The molecule has 1 heterocycles. The van der Waals surface area contributed by atoms with Gasteiger partial charge in [-0.1, -0.05) is 13.8 Å². The SMILES string of the molecule is CC(C)[C@H](C(=O)O)N1C(=O)[C@H]2[C@H]3CC[C@@H](C3)[C@@H]2C1=O. The molecular weight excluding hydrogens is 246 g/mol. The van der Waals surface area contributed by atoms with E-state index < -0.39 is 12.0 Å². The van der Waals surface area contributed by atoms with E-state index in [1.165, 1.54) is 0 Å². The molecule has 2 saturated carbocycles. The van der Waals surface area contributed by atoms with Crippen molar-refractivity contribution in [2.24, 2.45) is 29.6 Å². The maximum Gasteiger partial charge on any atom is 0.327 e. The predicted molar refractivity (Wildman–Crippen MR) is 65.9 cm³/mol. The molecule has 2 aliphatic carbocycles. The first kappa shape index (κ1) is 12.6. The zero-order valence-corrected chi connectivity index (χ0v) is 11.2. The van der Waals surface area contributed by atoms with Crippen LogP contribution in [0.1, 0.15) is 33.1 Å². The first-order chi connectivity index (χ1) is 8.93. The van der Waals surface area contributed by atoms with Gasteiger partial charge < -0.3 is 5.11 Å². The van der Waals surface area contributed by atoms with Crippen molar-refractivity contribution in [1.29, 1.82) is 0 Å². The molecular formula is C14H19NO4. The van der Waals surface area contributed by atoms with Crippen LogP contribution in [0.15, 0.2) is 0 Å². The second kappa shape index (κ2) is 4.05. The minimum absolute atomic E-state index is 0.230. The molecule has 104 valence electrons. The monoisotopic (exact) mass is 265 g/mol. The second-order valence-electron chi connectivity index (χ2n) is 6.46. The minimum atomic E-state index is -1.08. The van der Waals surface area contributed by atoms with Crippen molar-refractivity contribution in [2.75, 3.05) is 0 Å². The third-order valence-electron chi connectivity index (χ3n) is 5.12. The van der Waals surface area contributed by atoms with Crippen molar-refractivity contribution >= 4 is 17.8 Å². The number of nitrogens with zero attached hydrogens (tertiary/aromatic N) is 1. The van der Waals surface area contributed by atoms with Crippen LogP contribution in [0.2, 0.25) is 0 Å². The first-order valence-corrected chi connectivity index (χ1v) is 7.03. The lowest BCUT2D eigenvalue weighted by molar-refractivity contribution is -0.157. The smallest absolute Gasteiger partial charge is 0.327 e. The second-order valence-corrected chi connectivity index (χ2v) is 6.46. The summed E-state index contributed by atoms with van der Waals surface area (Å²) in [6.45, 7) is 3.48. The van der Waals surface area contributed by atoms with Gasteiger partial charge in [0.25, 0.3) is 0 Å². The van der Waals surface area contributed by atoms with E-state index in [0.29, 0.717) is 11.8 Å². The number of carbonyl (C=O) groups is 3. The lowest BCUT2D eigenvalue weighted by Gasteiger charge is -2.27. The maximum absolute atomic E-state index is 12.5. The van der Waals surface area contributed by atoms with Crippen molar-refractivity contribution < 1.29 is 19.5 Å². The summed E-state index contributed by atoms with van der Waals surface area (Å²) in [5.74, 6) is -1.66. The van der Waals surface area contributed by atoms with E-state index >= 15 is 0 Å². The molecule has 0 spiro atoms. The summed E-state index contributed by atoms with van der Waals surface area (Å²) >= 11 is 0. The highest BCUT2D eigenvalue weighted by atomic mass is 16.4. The Morgan fingerprint density at radius 2 is 1.63 bits per heavy atom. The molecule has 3 aliphatic rings. The number of fused-ring (bicyclic) bond motifs is 5. The number of likely N-dealkylation sites (tertiary alicyclic amines) is 1. The number of hydrogen-bond acceptors (Lipinski definition) is 3. The summed E-state index contributed by atoms with van der Waals surface area (Å²) in [4.78, 5) is 37.4. The van der Waals surface area contributed by atoms with Crippen molar-refractivity contribution in [3.05, 3.63) is 0 Å². The van der Waals surface area contributed by atoms with Gasteiger partial charge in [0.05, 0.1) is 11.8 Å². The molecule has 0 aromatic rings. The number of hydrogen-bond donors (Lipinski definition) is 1. The Kier molecular flexibility index (Phi) is 2.69. The van der Waals surface area contributed by atoms with Gasteiger partial charge in [0.2, 0.25) is 11.8 Å². The number of carboxylic acid groups (broad SMARTS) is 1. The van der Waals surface area contributed by atoms with E-state index in [1.807, 2.05) is 0 Å². The zero-order valence-electron chi connectivity index (χ0n) is 11.2. The fraction of sp³-hybridized carbons (Fsp3) is 0.786. The Hall–Kier alpha value is -1.39. The Morgan fingerprint density at radius 3 is 2.00 bits per heavy atom. The predicted octanol–water partition coefficient (Wildman–Crippen LogP) is 1.13. The van der Waals surface area contributed by atoms with Gasteiger partial charge >= 0.3 is 5.97 Å². The molecule has 2 amide bonds. The Balaban J connectivity index is 1.94. The number of carboxylic acids is 1. The van der Waals surface area contributed by atoms with Crippen LogP contribution >= 0.6 is 0 Å². The molecule has 3 rings (SSSR count). The van der Waals surface area contributed by atoms with Gasteiger partial charge in [-0.15, -0.1) is 0 Å². The van der Waals surface area contributed by atoms with E-state index in [4.69, 9.17) is 0 Å². The molecule has 3 fully saturated rings. The quantitative estimate of drug-likeness (QED) is 0.776. The Bertz CT molecular complexity index is 430. The topological polar surface area (TPSA) is 74.7 Å². The first-order valence-electron chi connectivity index (χ1n) is 7.03. The fourth-order valence-corrected chi connectivity index (χ4v) is 4.40. The highest BCUT2D eigenvalue weighted by Crippen LogP contribution is 2.56. The molecule has 1 N–H and O–H groups in total. The summed E-state index contributed by atoms with van der Waals surface area (Å²) < 4.78 is 0. The van der Waals surface area contributed by atoms with Gasteiger partial charge in [-0.3, -0.25) is 14.5 Å². The zero-order chi connectivity index (χ0) is 13.9. The standard InChI is InChI=1S/C14H19NO4/c1-6(2)11(14(18)19)15-12(16)9-7-3-4-8(5-7)10(9)13(15)17/h6-11H,3-5H2,1-2H3,(H,18,19)/t7-,8-,9-,10-,11+/m0/s1. The Labute approximate surface area is 112 Å². The van der Waals surface area contributed by atoms with Crippen LogP contribution < -0.4 is 0 Å². The normalized spacial score (nSPS) is 38.2. The van der Waals surface area contributed by atoms with Crippen LogP contribution in [0.4, 0.5) is 0 Å². The molecule has 0 aromatic heterocycles. The average molecular weight is 265 g/mol. The van der Waals surface area contributed by atoms with Gasteiger partial charge in [-0.2, -0.15) is 0 Å². The minimum Gasteiger partial charge on any atom is -0.480 e. The molecule has 2 bridgehead atoms. The Morgan fingerprint density at radius 1 is 1.16 bits per heavy atom. The number of amides is 2. The van der Waals surface area contributed by atoms with E-state index in [2.05, 4.69) is 0 Å². The van der Waals surface area contributed by atoms with Gasteiger partial charge in [0.1, 0.15) is 6.04 Å². The van der Waals surface area contributed by atoms with Crippen LogP contribution in [-0.4, -0.2) is 33.8 Å². The van der Waals surface area contributed by atoms with Crippen LogP contribution in [0.3, 0.4) is 0 Å². The number of imide groups is 1. The lowest BCUT2D eigenvalue weighted by atomic mass is 9.81. The third kappa shape index (κ3) is 1.56. The fourth-order valence-electron chi connectivity index (χ4n) is 4.40. The molecule has 5 atom stereocenters. The molecule has 19 heavy (non-hydrogen) atoms. The molecule has 0 radical (unpaired) electrons. The number of rotatable bonds is 3. The van der Waals surface area contributed by atoms with E-state index in [0.717, 1.165) is 24.2 Å². The van der Waals surface area contributed by atoms with Crippen LogP contribution in [0.5, 0.6) is 0 Å². The van der Waals surface area contributed by atoms with Crippen LogP contribution in [0, 0.1) is 29.6 Å². The molecule has 5 heteroatoms. The van der Waals surface area contributed by atoms with E-state index in [-0.39, 0.29) is 29.6 Å². The van der Waals surface area contributed by atoms with Crippen LogP contribution in [-0.2, 0) is 14.4 Å². The molecule has 5 nitrogen and oxygen atoms in total. The highest BCUT2D eigenvalue weighted by Gasteiger charge is 2.62. The van der Waals surface area contributed by atoms with Crippen molar-refractivity contribution in [1.82, 2.24) is 4.90 Å². The largest absolute Gasteiger partial charge is 0.480 e. The van der Waals surface area contributed by atoms with Gasteiger partial charge in [0, 0.05) is 0 Å². The average Bonchev–Trinajstić information content (AvgIpc) is 2.97. The lowest BCUT2D eigenvalue weighted by Crippen LogP contribution is -2.49. The van der Waals surface area contributed by atoms with Gasteiger partial charge in [-0.05, 0) is 37.0 Å². The van der Waals surface area contributed by atoms with Crippen molar-refractivity contribution in [3.63, 3.8) is 0 Å². The number of carbonyl (C=O) groups excluding carboxylic acids is 2. The third-order valence-corrected chi connectivity index (χ3v) is 5.12. The van der Waals surface area contributed by atoms with E-state index in [1.54, 1.807) is 13.8 Å². The van der Waals surface area contributed by atoms with Gasteiger partial charge in [0.15, 0.2) is 0 Å². The number of aliphatic carboxylic acids is 1. The molecule has 1 saturated heterocycles.